The van der Waals surface area contributed by atoms with Crippen LogP contribution in [-0.4, -0.2) is 24.4 Å². The monoisotopic (exact) mass is 395 g/mol. The molecule has 0 atom stereocenters. The van der Waals surface area contributed by atoms with Crippen LogP contribution in [-0.2, 0) is 11.3 Å². The van der Waals surface area contributed by atoms with Gasteiger partial charge in [-0.15, -0.1) is 0 Å². The van der Waals surface area contributed by atoms with Crippen molar-refractivity contribution in [3.05, 3.63) is 47.8 Å². The van der Waals surface area contributed by atoms with E-state index in [2.05, 4.69) is 11.4 Å². The summed E-state index contributed by atoms with van der Waals surface area (Å²) in [4.78, 5) is 11.7. The summed E-state index contributed by atoms with van der Waals surface area (Å²) in [6, 6.07) is 12.2. The number of nitrogens with zero attached hydrogens (tertiary/aromatic N) is 2. The molecule has 0 aliphatic rings. The second kappa shape index (κ2) is 8.65. The van der Waals surface area contributed by atoms with Crippen molar-refractivity contribution in [3.63, 3.8) is 0 Å². The Morgan fingerprint density at radius 2 is 2.03 bits per heavy atom. The maximum absolute atomic E-state index is 14.7. The highest BCUT2D eigenvalue weighted by atomic mass is 19.1. The predicted octanol–water partition coefficient (Wildman–Crippen LogP) is 5.31. The van der Waals surface area contributed by atoms with Crippen molar-refractivity contribution in [1.29, 1.82) is 5.26 Å². The summed E-state index contributed by atoms with van der Waals surface area (Å²) in [7, 11) is 1.58. The number of nitrogens with one attached hydrogen (secondary N) is 1. The first-order valence-electron chi connectivity index (χ1n) is 9.38. The van der Waals surface area contributed by atoms with Gasteiger partial charge in [0, 0.05) is 23.6 Å². The van der Waals surface area contributed by atoms with Crippen LogP contribution >= 0.6 is 0 Å². The minimum atomic E-state index is -0.703. The number of amides is 1. The maximum atomic E-state index is 14.7. The molecule has 0 saturated carbocycles. The number of nitriles is 1. The van der Waals surface area contributed by atoms with Gasteiger partial charge >= 0.3 is 6.09 Å². The number of carbonyl (C=O) groups excluding carboxylic acids is 1. The molecular weight excluding hydrogens is 373 g/mol. The Kier molecular flexibility index (Phi) is 6.03. The number of anilines is 1. The van der Waals surface area contributed by atoms with Crippen molar-refractivity contribution in [3.8, 4) is 23.1 Å². The number of halogens is 1. The third-order valence-corrected chi connectivity index (χ3v) is 4.62. The fourth-order valence-corrected chi connectivity index (χ4v) is 3.30. The fraction of sp³-hybridized carbons (Fsp3) is 0.273. The lowest BCUT2D eigenvalue weighted by molar-refractivity contribution is 0.161. The van der Waals surface area contributed by atoms with E-state index in [0.29, 0.717) is 35.5 Å². The van der Waals surface area contributed by atoms with Crippen molar-refractivity contribution in [1.82, 2.24) is 4.57 Å². The number of ether oxygens (including phenoxy) is 2. The molecule has 0 saturated heterocycles. The summed E-state index contributed by atoms with van der Waals surface area (Å²) in [5.41, 5.74) is 2.49. The third-order valence-electron chi connectivity index (χ3n) is 4.62. The molecule has 1 aromatic heterocycles. The summed E-state index contributed by atoms with van der Waals surface area (Å²) in [5, 5.41) is 12.9. The van der Waals surface area contributed by atoms with Gasteiger partial charge in [0.1, 0.15) is 17.6 Å². The van der Waals surface area contributed by atoms with Gasteiger partial charge in [0.05, 0.1) is 36.2 Å². The largest absolute Gasteiger partial charge is 0.497 e. The Balaban J connectivity index is 2.07. The minimum Gasteiger partial charge on any atom is -0.497 e. The maximum Gasteiger partial charge on any atom is 0.411 e. The van der Waals surface area contributed by atoms with Gasteiger partial charge in [-0.25, -0.2) is 9.18 Å². The van der Waals surface area contributed by atoms with Crippen molar-refractivity contribution >= 4 is 22.7 Å². The first-order chi connectivity index (χ1) is 14.0. The molecular formula is C22H22FN3O3. The lowest BCUT2D eigenvalue weighted by Gasteiger charge is -2.11. The zero-order valence-electron chi connectivity index (χ0n) is 16.6. The van der Waals surface area contributed by atoms with Gasteiger partial charge < -0.3 is 14.0 Å². The summed E-state index contributed by atoms with van der Waals surface area (Å²) >= 11 is 0. The molecule has 0 spiro atoms. The standard InChI is InChI=1S/C22H22FN3O3/c1-4-10-29-22(27)25-19-9-6-14(11-18(19)23)21-17(13-24)16-8-7-15(28-3)12-20(16)26(21)5-2/h6-9,11-12H,4-5,10H2,1-3H3,(H,25,27). The van der Waals surface area contributed by atoms with Crippen LogP contribution in [0.3, 0.4) is 0 Å². The topological polar surface area (TPSA) is 76.3 Å². The Morgan fingerprint density at radius 1 is 1.24 bits per heavy atom. The van der Waals surface area contributed by atoms with Gasteiger partial charge in [-0.3, -0.25) is 5.32 Å². The number of fused-ring (bicyclic) bond motifs is 1. The van der Waals surface area contributed by atoms with E-state index in [9.17, 15) is 14.4 Å². The number of carbonyl (C=O) groups is 1. The number of methoxy groups -OCH3 is 1. The Bertz CT molecular complexity index is 1100. The van der Waals surface area contributed by atoms with Gasteiger partial charge in [-0.1, -0.05) is 13.0 Å². The predicted molar refractivity (Wildman–Crippen MR) is 110 cm³/mol. The molecule has 0 radical (unpaired) electrons. The summed E-state index contributed by atoms with van der Waals surface area (Å²) in [5.74, 6) is 0.0717. The van der Waals surface area contributed by atoms with Gasteiger partial charge in [0.15, 0.2) is 0 Å². The molecule has 7 heteroatoms. The zero-order valence-corrected chi connectivity index (χ0v) is 16.6. The van der Waals surface area contributed by atoms with Gasteiger partial charge in [-0.05, 0) is 37.6 Å². The van der Waals surface area contributed by atoms with E-state index in [0.717, 1.165) is 10.9 Å². The highest BCUT2D eigenvalue weighted by molar-refractivity contribution is 5.95. The molecule has 0 fully saturated rings. The van der Waals surface area contributed by atoms with E-state index in [-0.39, 0.29) is 12.3 Å². The van der Waals surface area contributed by atoms with Crippen molar-refractivity contribution in [2.45, 2.75) is 26.8 Å². The number of aromatic nitrogens is 1. The SMILES string of the molecule is CCCOC(=O)Nc1ccc(-c2c(C#N)c3ccc(OC)cc3n2CC)cc1F. The average Bonchev–Trinajstić information content (AvgIpc) is 3.06. The van der Waals surface area contributed by atoms with E-state index in [1.54, 1.807) is 19.2 Å². The van der Waals surface area contributed by atoms with Crippen LogP contribution < -0.4 is 10.1 Å². The molecule has 0 unspecified atom stereocenters. The molecule has 0 bridgehead atoms. The zero-order chi connectivity index (χ0) is 21.0. The molecule has 1 N–H and O–H groups in total. The average molecular weight is 395 g/mol. The van der Waals surface area contributed by atoms with Crippen molar-refractivity contribution in [2.24, 2.45) is 0 Å². The van der Waals surface area contributed by atoms with E-state index in [1.165, 1.54) is 12.1 Å². The van der Waals surface area contributed by atoms with Crippen LogP contribution in [0.1, 0.15) is 25.8 Å². The van der Waals surface area contributed by atoms with E-state index in [4.69, 9.17) is 9.47 Å². The Labute approximate surface area is 168 Å². The molecule has 1 heterocycles. The van der Waals surface area contributed by atoms with Crippen LogP contribution in [0, 0.1) is 17.1 Å². The molecule has 29 heavy (non-hydrogen) atoms. The van der Waals surface area contributed by atoms with Crippen LogP contribution in [0.5, 0.6) is 5.75 Å². The Hall–Kier alpha value is -3.53. The lowest BCUT2D eigenvalue weighted by atomic mass is 10.1. The number of benzene rings is 2. The van der Waals surface area contributed by atoms with Gasteiger partial charge in [-0.2, -0.15) is 5.26 Å². The molecule has 3 aromatic rings. The first-order valence-corrected chi connectivity index (χ1v) is 9.38. The first kappa shape index (κ1) is 20.2. The van der Waals surface area contributed by atoms with Crippen LogP contribution in [0.4, 0.5) is 14.9 Å². The van der Waals surface area contributed by atoms with Crippen molar-refractivity contribution in [2.75, 3.05) is 19.0 Å². The van der Waals surface area contributed by atoms with Crippen molar-refractivity contribution < 1.29 is 18.7 Å². The van der Waals surface area contributed by atoms with Crippen LogP contribution in [0.2, 0.25) is 0 Å². The summed E-state index contributed by atoms with van der Waals surface area (Å²) in [6.07, 6.45) is -0.0241. The normalized spacial score (nSPS) is 10.6. The fourth-order valence-electron chi connectivity index (χ4n) is 3.30. The molecule has 1 amide bonds. The number of rotatable bonds is 6. The summed E-state index contributed by atoms with van der Waals surface area (Å²) < 4.78 is 26.9. The smallest absolute Gasteiger partial charge is 0.411 e. The third kappa shape index (κ3) is 3.87. The number of hydrogen-bond donors (Lipinski definition) is 1. The van der Waals surface area contributed by atoms with E-state index < -0.39 is 11.9 Å². The highest BCUT2D eigenvalue weighted by Gasteiger charge is 2.20. The molecule has 2 aromatic carbocycles. The van der Waals surface area contributed by atoms with Crippen LogP contribution in [0.15, 0.2) is 36.4 Å². The number of aryl methyl sites for hydroxylation is 1. The number of hydrogen-bond acceptors (Lipinski definition) is 4. The molecule has 0 aliphatic heterocycles. The minimum absolute atomic E-state index is 0.0224. The Morgan fingerprint density at radius 3 is 2.66 bits per heavy atom. The molecule has 0 aliphatic carbocycles. The molecule has 3 rings (SSSR count). The van der Waals surface area contributed by atoms with Gasteiger partial charge in [0.25, 0.3) is 0 Å². The summed E-state index contributed by atoms with van der Waals surface area (Å²) in [6.45, 7) is 4.68. The van der Waals surface area contributed by atoms with Crippen LogP contribution in [0.25, 0.3) is 22.2 Å². The van der Waals surface area contributed by atoms with E-state index >= 15 is 0 Å². The van der Waals surface area contributed by atoms with Gasteiger partial charge in [0.2, 0.25) is 0 Å². The quantitative estimate of drug-likeness (QED) is 0.614. The highest BCUT2D eigenvalue weighted by Crippen LogP contribution is 2.36. The molecule has 150 valence electrons. The lowest BCUT2D eigenvalue weighted by Crippen LogP contribution is -2.15. The molecule has 6 nitrogen and oxygen atoms in total. The van der Waals surface area contributed by atoms with E-state index in [1.807, 2.05) is 30.5 Å². The second-order valence-corrected chi connectivity index (χ2v) is 6.42. The second-order valence-electron chi connectivity index (χ2n) is 6.42.